The van der Waals surface area contributed by atoms with E-state index in [-0.39, 0.29) is 18.6 Å². The molecule has 0 radical (unpaired) electrons. The van der Waals surface area contributed by atoms with Crippen molar-refractivity contribution in [2.75, 3.05) is 26.2 Å². The molecule has 2 rings (SSSR count). The molecule has 1 aromatic carbocycles. The summed E-state index contributed by atoms with van der Waals surface area (Å²) in [5, 5.41) is 14.3. The van der Waals surface area contributed by atoms with Gasteiger partial charge in [0.05, 0.1) is 0 Å². The molecular formula is C25H38F3N3O. The van der Waals surface area contributed by atoms with Crippen LogP contribution in [0.5, 0.6) is 5.75 Å². The maximum atomic E-state index is 12.9. The molecule has 0 bridgehead atoms. The van der Waals surface area contributed by atoms with Crippen molar-refractivity contribution in [3.8, 4) is 16.9 Å². The summed E-state index contributed by atoms with van der Waals surface area (Å²) in [7, 11) is 0. The Labute approximate surface area is 190 Å². The Morgan fingerprint density at radius 1 is 1.06 bits per heavy atom. The van der Waals surface area contributed by atoms with Crippen molar-refractivity contribution in [3.05, 3.63) is 47.3 Å². The van der Waals surface area contributed by atoms with Gasteiger partial charge in [0.15, 0.2) is 0 Å². The fourth-order valence-electron chi connectivity index (χ4n) is 3.39. The predicted molar refractivity (Wildman–Crippen MR) is 126 cm³/mol. The first-order chi connectivity index (χ1) is 14.5. The number of alkyl halides is 3. The summed E-state index contributed by atoms with van der Waals surface area (Å²) in [6, 6.07) is 6.11. The highest BCUT2D eigenvalue weighted by Crippen LogP contribution is 2.38. The van der Waals surface area contributed by atoms with Crippen molar-refractivity contribution in [3.63, 3.8) is 0 Å². The second-order valence-corrected chi connectivity index (χ2v) is 8.77. The first-order valence-corrected chi connectivity index (χ1v) is 10.8. The van der Waals surface area contributed by atoms with Crippen LogP contribution in [0.25, 0.3) is 11.1 Å². The van der Waals surface area contributed by atoms with E-state index in [1.807, 2.05) is 12.1 Å². The third-order valence-electron chi connectivity index (χ3n) is 5.46. The number of aromatic hydroxyl groups is 1. The molecule has 0 aliphatic carbocycles. The normalized spacial score (nSPS) is 12.2. The lowest BCUT2D eigenvalue weighted by molar-refractivity contribution is -0.141. The van der Waals surface area contributed by atoms with E-state index in [0.717, 1.165) is 49.8 Å². The van der Waals surface area contributed by atoms with E-state index in [2.05, 4.69) is 49.8 Å². The highest BCUT2D eigenvalue weighted by Gasteiger charge is 2.32. The summed E-state index contributed by atoms with van der Waals surface area (Å²) in [6.07, 6.45) is -2.32. The average molecular weight is 454 g/mol. The Bertz CT molecular complexity index is 839. The van der Waals surface area contributed by atoms with Crippen LogP contribution in [-0.4, -0.2) is 41.2 Å². The lowest BCUT2D eigenvalue weighted by atomic mass is 9.84. The number of hydrogen-bond donors (Lipinski definition) is 2. The second kappa shape index (κ2) is 11.7. The van der Waals surface area contributed by atoms with Crippen LogP contribution in [0.3, 0.4) is 0 Å². The molecule has 0 spiro atoms. The van der Waals surface area contributed by atoms with Crippen molar-refractivity contribution in [1.29, 1.82) is 0 Å². The summed E-state index contributed by atoms with van der Waals surface area (Å²) in [5.41, 5.74) is 1.55. The molecule has 0 amide bonds. The number of nitrogens with zero attached hydrogens (tertiary/aromatic N) is 2. The number of pyridine rings is 1. The molecule has 0 saturated heterocycles. The summed E-state index contributed by atoms with van der Waals surface area (Å²) >= 11 is 0. The molecule has 0 saturated carbocycles. The lowest BCUT2D eigenvalue weighted by Crippen LogP contribution is -2.27. The number of benzene rings is 1. The van der Waals surface area contributed by atoms with Gasteiger partial charge in [-0.2, -0.15) is 13.2 Å². The molecule has 0 unspecified atom stereocenters. The number of rotatable bonds is 9. The topological polar surface area (TPSA) is 48.4 Å². The Hall–Kier alpha value is -2.12. The van der Waals surface area contributed by atoms with Gasteiger partial charge in [-0.25, -0.2) is 0 Å². The van der Waals surface area contributed by atoms with Gasteiger partial charge in [-0.05, 0) is 55.7 Å². The molecule has 180 valence electrons. The molecule has 1 aromatic heterocycles. The molecule has 1 heterocycles. The summed E-state index contributed by atoms with van der Waals surface area (Å²) in [6.45, 7) is 14.8. The van der Waals surface area contributed by atoms with Gasteiger partial charge in [0, 0.05) is 29.4 Å². The minimum atomic E-state index is -4.49. The fraction of sp³-hybridized carbons (Fsp3) is 0.560. The standard InChI is InChI=1S/C24H34F3N3O.CH4/c1-6-30(7-2)12-8-11-28-15-18-13-19(23(3,4)5)14-20(22(18)31)17-9-10-21(29-16-17)24(25,26)27;/h9-10,13-14,16,28,31H,6-8,11-12,15H2,1-5H3;1H4. The van der Waals surface area contributed by atoms with E-state index in [9.17, 15) is 18.3 Å². The van der Waals surface area contributed by atoms with Crippen LogP contribution in [0, 0.1) is 0 Å². The van der Waals surface area contributed by atoms with E-state index in [0.29, 0.717) is 17.7 Å². The molecule has 0 fully saturated rings. The molecule has 0 atom stereocenters. The van der Waals surface area contributed by atoms with E-state index in [1.54, 1.807) is 0 Å². The first kappa shape index (κ1) is 27.9. The number of halogens is 3. The Morgan fingerprint density at radius 2 is 1.72 bits per heavy atom. The zero-order chi connectivity index (χ0) is 23.2. The zero-order valence-electron chi connectivity index (χ0n) is 19.1. The molecule has 7 heteroatoms. The van der Waals surface area contributed by atoms with Crippen molar-refractivity contribution in [2.24, 2.45) is 0 Å². The van der Waals surface area contributed by atoms with Crippen LogP contribution in [0.2, 0.25) is 0 Å². The summed E-state index contributed by atoms with van der Waals surface area (Å²) in [4.78, 5) is 5.91. The van der Waals surface area contributed by atoms with Crippen molar-refractivity contribution in [1.82, 2.24) is 15.2 Å². The number of hydrogen-bond acceptors (Lipinski definition) is 4. The molecule has 0 aliphatic rings. The van der Waals surface area contributed by atoms with Crippen LogP contribution in [0.15, 0.2) is 30.5 Å². The van der Waals surface area contributed by atoms with Gasteiger partial charge in [0.2, 0.25) is 0 Å². The number of phenols is 1. The van der Waals surface area contributed by atoms with Crippen molar-refractivity contribution in [2.45, 2.75) is 66.6 Å². The molecule has 0 aliphatic heterocycles. The van der Waals surface area contributed by atoms with Gasteiger partial charge in [0.25, 0.3) is 0 Å². The third kappa shape index (κ3) is 7.48. The molecule has 4 nitrogen and oxygen atoms in total. The maximum absolute atomic E-state index is 12.9. The third-order valence-corrected chi connectivity index (χ3v) is 5.46. The zero-order valence-corrected chi connectivity index (χ0v) is 19.1. The molecular weight excluding hydrogens is 415 g/mol. The Balaban J connectivity index is 0.00000512. The van der Waals surface area contributed by atoms with Crippen LogP contribution in [-0.2, 0) is 18.1 Å². The van der Waals surface area contributed by atoms with E-state index in [4.69, 9.17) is 0 Å². The molecule has 2 N–H and O–H groups in total. The van der Waals surface area contributed by atoms with Crippen molar-refractivity contribution >= 4 is 0 Å². The fourth-order valence-corrected chi connectivity index (χ4v) is 3.39. The van der Waals surface area contributed by atoms with Gasteiger partial charge in [-0.1, -0.05) is 54.2 Å². The lowest BCUT2D eigenvalue weighted by Gasteiger charge is -2.23. The second-order valence-electron chi connectivity index (χ2n) is 8.77. The van der Waals surface area contributed by atoms with E-state index >= 15 is 0 Å². The van der Waals surface area contributed by atoms with Crippen LogP contribution in [0.1, 0.15) is 65.3 Å². The maximum Gasteiger partial charge on any atom is 0.433 e. The molecule has 32 heavy (non-hydrogen) atoms. The minimum absolute atomic E-state index is 0. The number of nitrogens with one attached hydrogen (secondary N) is 1. The summed E-state index contributed by atoms with van der Waals surface area (Å²) in [5.74, 6) is 0.0748. The first-order valence-electron chi connectivity index (χ1n) is 10.8. The predicted octanol–water partition coefficient (Wildman–Crippen LogP) is 6.23. The van der Waals surface area contributed by atoms with Gasteiger partial charge in [-0.15, -0.1) is 0 Å². The highest BCUT2D eigenvalue weighted by atomic mass is 19.4. The van der Waals surface area contributed by atoms with Crippen LogP contribution < -0.4 is 5.32 Å². The monoisotopic (exact) mass is 453 g/mol. The number of phenolic OH excluding ortho intramolecular Hbond substituents is 1. The summed E-state index contributed by atoms with van der Waals surface area (Å²) < 4.78 is 38.6. The SMILES string of the molecule is C.CCN(CC)CCCNCc1cc(C(C)(C)C)cc(-c2ccc(C(F)(F)F)nc2)c1O. The Kier molecular flexibility index (Phi) is 10.2. The van der Waals surface area contributed by atoms with Gasteiger partial charge < -0.3 is 15.3 Å². The minimum Gasteiger partial charge on any atom is -0.507 e. The Morgan fingerprint density at radius 3 is 2.22 bits per heavy atom. The highest BCUT2D eigenvalue weighted by molar-refractivity contribution is 5.72. The van der Waals surface area contributed by atoms with Crippen LogP contribution >= 0.6 is 0 Å². The van der Waals surface area contributed by atoms with Gasteiger partial charge in [0.1, 0.15) is 11.4 Å². The van der Waals surface area contributed by atoms with E-state index < -0.39 is 11.9 Å². The van der Waals surface area contributed by atoms with Crippen molar-refractivity contribution < 1.29 is 18.3 Å². The van der Waals surface area contributed by atoms with Gasteiger partial charge in [-0.3, -0.25) is 4.98 Å². The average Bonchev–Trinajstić information content (AvgIpc) is 2.70. The van der Waals surface area contributed by atoms with Crippen LogP contribution in [0.4, 0.5) is 13.2 Å². The van der Waals surface area contributed by atoms with E-state index in [1.165, 1.54) is 12.3 Å². The number of aromatic nitrogens is 1. The smallest absolute Gasteiger partial charge is 0.433 e. The quantitative estimate of drug-likeness (QED) is 0.442. The molecule has 2 aromatic rings. The largest absolute Gasteiger partial charge is 0.507 e. The van der Waals surface area contributed by atoms with Gasteiger partial charge >= 0.3 is 6.18 Å².